The maximum absolute atomic E-state index is 6.16. The molecule has 2 aliphatic rings. The molecule has 0 radical (unpaired) electrons. The SMILES string of the molecule is CC(c1ccc2scnc2c1)N1CCN2CC(Oc3cccnc3)CC2C1. The van der Waals surface area contributed by atoms with E-state index in [1.165, 1.54) is 10.3 Å². The average Bonchev–Trinajstić information content (AvgIpc) is 3.33. The first-order chi connectivity index (χ1) is 13.3. The molecule has 0 N–H and O–H groups in total. The zero-order valence-electron chi connectivity index (χ0n) is 15.5. The van der Waals surface area contributed by atoms with E-state index in [-0.39, 0.29) is 6.10 Å². The van der Waals surface area contributed by atoms with E-state index in [1.807, 2.05) is 17.6 Å². The predicted octanol–water partition coefficient (Wildman–Crippen LogP) is 3.59. The largest absolute Gasteiger partial charge is 0.487 e. The van der Waals surface area contributed by atoms with Gasteiger partial charge in [0, 0.05) is 50.9 Å². The van der Waals surface area contributed by atoms with Gasteiger partial charge in [0.25, 0.3) is 0 Å². The quantitative estimate of drug-likeness (QED) is 0.692. The molecule has 5 rings (SSSR count). The second-order valence-corrected chi connectivity index (χ2v) is 8.45. The Kier molecular flexibility index (Phi) is 4.55. The number of rotatable bonds is 4. The lowest BCUT2D eigenvalue weighted by Gasteiger charge is -2.40. The summed E-state index contributed by atoms with van der Waals surface area (Å²) in [7, 11) is 0. The Morgan fingerprint density at radius 1 is 1.22 bits per heavy atom. The molecule has 0 bridgehead atoms. The van der Waals surface area contributed by atoms with E-state index >= 15 is 0 Å². The van der Waals surface area contributed by atoms with E-state index in [2.05, 4.69) is 44.9 Å². The molecule has 1 aromatic carbocycles. The van der Waals surface area contributed by atoms with Crippen LogP contribution in [0.3, 0.4) is 0 Å². The van der Waals surface area contributed by atoms with Gasteiger partial charge in [0.05, 0.1) is 21.9 Å². The number of nitrogens with zero attached hydrogens (tertiary/aromatic N) is 4. The summed E-state index contributed by atoms with van der Waals surface area (Å²) in [5, 5.41) is 0. The molecule has 3 atom stereocenters. The molecule has 5 nitrogen and oxygen atoms in total. The minimum absolute atomic E-state index is 0.265. The normalized spacial score (nSPS) is 24.8. The number of benzene rings is 1. The van der Waals surface area contributed by atoms with Crippen molar-refractivity contribution in [2.45, 2.75) is 31.5 Å². The molecule has 2 fully saturated rings. The molecule has 0 aliphatic carbocycles. The molecule has 6 heteroatoms. The lowest BCUT2D eigenvalue weighted by atomic mass is 10.0. The van der Waals surface area contributed by atoms with E-state index in [0.29, 0.717) is 12.1 Å². The van der Waals surface area contributed by atoms with Gasteiger partial charge in [-0.1, -0.05) is 6.07 Å². The first kappa shape index (κ1) is 17.1. The Balaban J connectivity index is 1.25. The number of hydrogen-bond donors (Lipinski definition) is 0. The predicted molar refractivity (Wildman–Crippen MR) is 108 cm³/mol. The Morgan fingerprint density at radius 2 is 2.19 bits per heavy atom. The van der Waals surface area contributed by atoms with Crippen LogP contribution in [0, 0.1) is 0 Å². The van der Waals surface area contributed by atoms with E-state index in [9.17, 15) is 0 Å². The van der Waals surface area contributed by atoms with Crippen molar-refractivity contribution in [3.05, 3.63) is 53.8 Å². The van der Waals surface area contributed by atoms with Crippen LogP contribution in [-0.4, -0.2) is 58.1 Å². The van der Waals surface area contributed by atoms with Gasteiger partial charge in [-0.15, -0.1) is 11.3 Å². The van der Waals surface area contributed by atoms with Gasteiger partial charge in [0.2, 0.25) is 0 Å². The lowest BCUT2D eigenvalue weighted by molar-refractivity contribution is 0.0762. The van der Waals surface area contributed by atoms with Crippen LogP contribution < -0.4 is 4.74 Å². The second-order valence-electron chi connectivity index (χ2n) is 7.56. The van der Waals surface area contributed by atoms with Crippen LogP contribution in [0.15, 0.2) is 48.2 Å². The summed E-state index contributed by atoms with van der Waals surface area (Å²) in [6.45, 7) is 6.66. The fourth-order valence-electron chi connectivity index (χ4n) is 4.41. The summed E-state index contributed by atoms with van der Waals surface area (Å²) in [5.41, 5.74) is 4.41. The van der Waals surface area contributed by atoms with Gasteiger partial charge in [0.15, 0.2) is 0 Å². The van der Waals surface area contributed by atoms with Crippen molar-refractivity contribution in [1.29, 1.82) is 0 Å². The smallest absolute Gasteiger partial charge is 0.138 e. The fourth-order valence-corrected chi connectivity index (χ4v) is 5.07. The van der Waals surface area contributed by atoms with Gasteiger partial charge >= 0.3 is 0 Å². The number of fused-ring (bicyclic) bond motifs is 2. The fraction of sp³-hybridized carbons (Fsp3) is 0.429. The van der Waals surface area contributed by atoms with Crippen LogP contribution in [0.4, 0.5) is 0 Å². The molecule has 2 saturated heterocycles. The van der Waals surface area contributed by atoms with Gasteiger partial charge in [-0.2, -0.15) is 0 Å². The van der Waals surface area contributed by atoms with Crippen molar-refractivity contribution in [2.24, 2.45) is 0 Å². The molecule has 3 aromatic rings. The highest BCUT2D eigenvalue weighted by atomic mass is 32.1. The van der Waals surface area contributed by atoms with Crippen molar-refractivity contribution in [3.63, 3.8) is 0 Å². The van der Waals surface area contributed by atoms with Gasteiger partial charge < -0.3 is 4.74 Å². The van der Waals surface area contributed by atoms with Crippen molar-refractivity contribution < 1.29 is 4.74 Å². The Morgan fingerprint density at radius 3 is 3.07 bits per heavy atom. The Labute approximate surface area is 163 Å². The summed E-state index contributed by atoms with van der Waals surface area (Å²) in [5.74, 6) is 0.879. The third-order valence-electron chi connectivity index (χ3n) is 5.93. The molecule has 140 valence electrons. The summed E-state index contributed by atoms with van der Waals surface area (Å²) >= 11 is 1.71. The molecule has 0 amide bonds. The standard InChI is InChI=1S/C21H24N4OS/c1-15(16-4-5-21-20(9-16)23-14-27-21)24-7-8-25-13-19(10-17(25)12-24)26-18-3-2-6-22-11-18/h2-6,9,11,14-15,17,19H,7-8,10,12-13H2,1H3. The first-order valence-electron chi connectivity index (χ1n) is 9.64. The number of aromatic nitrogens is 2. The van der Waals surface area contributed by atoms with Crippen molar-refractivity contribution in [2.75, 3.05) is 26.2 Å². The van der Waals surface area contributed by atoms with E-state index < -0.39 is 0 Å². The molecular formula is C21H24N4OS. The topological polar surface area (TPSA) is 41.5 Å². The maximum atomic E-state index is 6.16. The van der Waals surface area contributed by atoms with Crippen LogP contribution in [-0.2, 0) is 0 Å². The van der Waals surface area contributed by atoms with Gasteiger partial charge in [-0.25, -0.2) is 4.98 Å². The molecule has 2 aliphatic heterocycles. The van der Waals surface area contributed by atoms with E-state index in [1.54, 1.807) is 23.7 Å². The molecule has 0 saturated carbocycles. The minimum Gasteiger partial charge on any atom is -0.487 e. The second kappa shape index (κ2) is 7.19. The molecule has 27 heavy (non-hydrogen) atoms. The minimum atomic E-state index is 0.265. The number of ether oxygens (including phenoxy) is 1. The summed E-state index contributed by atoms with van der Waals surface area (Å²) in [4.78, 5) is 13.8. The van der Waals surface area contributed by atoms with Crippen LogP contribution in [0.25, 0.3) is 10.2 Å². The van der Waals surface area contributed by atoms with Crippen LogP contribution in [0.5, 0.6) is 5.75 Å². The van der Waals surface area contributed by atoms with E-state index in [4.69, 9.17) is 4.74 Å². The van der Waals surface area contributed by atoms with Crippen molar-refractivity contribution in [3.8, 4) is 5.75 Å². The summed E-state index contributed by atoms with van der Waals surface area (Å²) in [6, 6.07) is 11.6. The highest BCUT2D eigenvalue weighted by Gasteiger charge is 2.38. The molecule has 3 unspecified atom stereocenters. The van der Waals surface area contributed by atoms with Crippen LogP contribution in [0.1, 0.15) is 24.9 Å². The zero-order chi connectivity index (χ0) is 18.2. The Bertz CT molecular complexity index is 915. The zero-order valence-corrected chi connectivity index (χ0v) is 16.3. The molecule has 4 heterocycles. The highest BCUT2D eigenvalue weighted by molar-refractivity contribution is 7.16. The van der Waals surface area contributed by atoms with Gasteiger partial charge in [0.1, 0.15) is 11.9 Å². The molecular weight excluding hydrogens is 356 g/mol. The monoisotopic (exact) mass is 380 g/mol. The van der Waals surface area contributed by atoms with Gasteiger partial charge in [-0.05, 0) is 36.8 Å². The van der Waals surface area contributed by atoms with Crippen molar-refractivity contribution in [1.82, 2.24) is 19.8 Å². The lowest BCUT2D eigenvalue weighted by Crippen LogP contribution is -2.50. The average molecular weight is 381 g/mol. The molecule has 2 aromatic heterocycles. The summed E-state index contributed by atoms with van der Waals surface area (Å²) < 4.78 is 7.42. The number of hydrogen-bond acceptors (Lipinski definition) is 6. The van der Waals surface area contributed by atoms with Crippen LogP contribution in [0.2, 0.25) is 0 Å². The molecule has 0 spiro atoms. The summed E-state index contributed by atoms with van der Waals surface area (Å²) in [6.07, 6.45) is 4.94. The number of thiazole rings is 1. The van der Waals surface area contributed by atoms with Crippen LogP contribution >= 0.6 is 11.3 Å². The Hall–Kier alpha value is -2.02. The third kappa shape index (κ3) is 3.45. The van der Waals surface area contributed by atoms with E-state index in [0.717, 1.165) is 43.9 Å². The van der Waals surface area contributed by atoms with Gasteiger partial charge in [-0.3, -0.25) is 14.8 Å². The number of pyridine rings is 1. The first-order valence-corrected chi connectivity index (χ1v) is 10.5. The maximum Gasteiger partial charge on any atom is 0.138 e. The highest BCUT2D eigenvalue weighted by Crippen LogP contribution is 2.31. The third-order valence-corrected chi connectivity index (χ3v) is 6.74. The number of piperazine rings is 1. The van der Waals surface area contributed by atoms with Crippen molar-refractivity contribution >= 4 is 21.6 Å².